The number of carbonyl (C=O) groups is 1. The Morgan fingerprint density at radius 3 is 2.50 bits per heavy atom. The van der Waals surface area contributed by atoms with Gasteiger partial charge in [-0.25, -0.2) is 4.79 Å². The molecule has 24 heavy (non-hydrogen) atoms. The van der Waals surface area contributed by atoms with Crippen molar-refractivity contribution in [2.45, 2.75) is 51.7 Å². The molecule has 0 radical (unpaired) electrons. The molecule has 2 amide bonds. The maximum Gasteiger partial charge on any atom is 0.318 e. The molecular formula is C19H25N3O2. The summed E-state index contributed by atoms with van der Waals surface area (Å²) in [5.74, 6) is 1.11. The van der Waals surface area contributed by atoms with E-state index in [1.165, 1.54) is 0 Å². The van der Waals surface area contributed by atoms with E-state index in [-0.39, 0.29) is 24.0 Å². The summed E-state index contributed by atoms with van der Waals surface area (Å²) in [4.78, 5) is 19.0. The minimum Gasteiger partial charge on any atom is -0.467 e. The largest absolute Gasteiger partial charge is 0.467 e. The number of hydrogen-bond donors (Lipinski definition) is 1. The van der Waals surface area contributed by atoms with Crippen molar-refractivity contribution in [2.24, 2.45) is 5.92 Å². The maximum absolute atomic E-state index is 13.0. The van der Waals surface area contributed by atoms with Crippen LogP contribution in [0.1, 0.15) is 57.0 Å². The van der Waals surface area contributed by atoms with Gasteiger partial charge in [0, 0.05) is 18.4 Å². The van der Waals surface area contributed by atoms with Gasteiger partial charge in [-0.1, -0.05) is 13.8 Å². The third-order valence-corrected chi connectivity index (χ3v) is 4.56. The van der Waals surface area contributed by atoms with Crippen molar-refractivity contribution < 1.29 is 9.21 Å². The van der Waals surface area contributed by atoms with Crippen LogP contribution in [0.2, 0.25) is 0 Å². The first kappa shape index (κ1) is 16.6. The van der Waals surface area contributed by atoms with Gasteiger partial charge in [0.25, 0.3) is 0 Å². The first-order valence-corrected chi connectivity index (χ1v) is 8.60. The molecule has 128 valence electrons. The molecule has 0 spiro atoms. The molecular weight excluding hydrogens is 302 g/mol. The standard InChI is InChI=1S/C19H25N3O2/c1-13(2)18(15-8-10-20-11-9-15)21-19(23)22(16-6-7-16)14(3)17-5-4-12-24-17/h4-5,8-14,16,18H,6-7H2,1-3H3,(H,21,23). The first-order valence-electron chi connectivity index (χ1n) is 8.60. The van der Waals surface area contributed by atoms with Crippen LogP contribution in [0, 0.1) is 5.92 Å². The highest BCUT2D eigenvalue weighted by atomic mass is 16.3. The van der Waals surface area contributed by atoms with Crippen LogP contribution in [0.3, 0.4) is 0 Å². The Kier molecular flexibility index (Phi) is 4.88. The molecule has 0 aliphatic heterocycles. The maximum atomic E-state index is 13.0. The Bertz CT molecular complexity index is 651. The van der Waals surface area contributed by atoms with Crippen LogP contribution >= 0.6 is 0 Å². The number of rotatable bonds is 6. The number of amides is 2. The van der Waals surface area contributed by atoms with Gasteiger partial charge in [0.15, 0.2) is 0 Å². The number of urea groups is 1. The van der Waals surface area contributed by atoms with Crippen LogP contribution < -0.4 is 5.32 Å². The number of furan rings is 1. The number of hydrogen-bond acceptors (Lipinski definition) is 3. The van der Waals surface area contributed by atoms with Crippen molar-refractivity contribution in [3.05, 3.63) is 54.2 Å². The van der Waals surface area contributed by atoms with Crippen LogP contribution in [0.4, 0.5) is 4.79 Å². The summed E-state index contributed by atoms with van der Waals surface area (Å²) in [5, 5.41) is 3.21. The smallest absolute Gasteiger partial charge is 0.318 e. The average molecular weight is 327 g/mol. The molecule has 0 saturated heterocycles. The predicted molar refractivity (Wildman–Crippen MR) is 92.3 cm³/mol. The van der Waals surface area contributed by atoms with Crippen molar-refractivity contribution in [1.29, 1.82) is 0 Å². The number of pyridine rings is 1. The summed E-state index contributed by atoms with van der Waals surface area (Å²) in [5.41, 5.74) is 1.08. The fourth-order valence-electron chi connectivity index (χ4n) is 3.09. The van der Waals surface area contributed by atoms with Gasteiger partial charge in [-0.2, -0.15) is 0 Å². The predicted octanol–water partition coefficient (Wildman–Crippen LogP) is 4.31. The van der Waals surface area contributed by atoms with Crippen LogP contribution in [0.25, 0.3) is 0 Å². The fourth-order valence-corrected chi connectivity index (χ4v) is 3.09. The van der Waals surface area contributed by atoms with Crippen molar-refractivity contribution in [2.75, 3.05) is 0 Å². The normalized spacial score (nSPS) is 16.7. The minimum atomic E-state index is -0.0715. The lowest BCUT2D eigenvalue weighted by atomic mass is 9.97. The van der Waals surface area contributed by atoms with Gasteiger partial charge in [0.05, 0.1) is 18.3 Å². The van der Waals surface area contributed by atoms with Gasteiger partial charge in [-0.05, 0) is 55.5 Å². The Morgan fingerprint density at radius 2 is 1.96 bits per heavy atom. The Morgan fingerprint density at radius 1 is 1.25 bits per heavy atom. The number of nitrogens with one attached hydrogen (secondary N) is 1. The van der Waals surface area contributed by atoms with Gasteiger partial charge in [0.1, 0.15) is 5.76 Å². The van der Waals surface area contributed by atoms with E-state index < -0.39 is 0 Å². The number of aromatic nitrogens is 1. The summed E-state index contributed by atoms with van der Waals surface area (Å²) >= 11 is 0. The Hall–Kier alpha value is -2.30. The lowest BCUT2D eigenvalue weighted by molar-refractivity contribution is 0.160. The van der Waals surface area contributed by atoms with Gasteiger partial charge >= 0.3 is 6.03 Å². The molecule has 2 aromatic heterocycles. The van der Waals surface area contributed by atoms with Crippen LogP contribution in [0.5, 0.6) is 0 Å². The second kappa shape index (κ2) is 7.07. The van der Waals surface area contributed by atoms with E-state index in [9.17, 15) is 4.79 Å². The zero-order chi connectivity index (χ0) is 17.1. The van der Waals surface area contributed by atoms with Crippen molar-refractivity contribution in [3.8, 4) is 0 Å². The van der Waals surface area contributed by atoms with E-state index in [2.05, 4.69) is 24.1 Å². The summed E-state index contributed by atoms with van der Waals surface area (Å²) in [6.07, 6.45) is 7.30. The van der Waals surface area contributed by atoms with E-state index in [1.807, 2.05) is 36.1 Å². The molecule has 5 nitrogen and oxygen atoms in total. The molecule has 0 bridgehead atoms. The molecule has 1 aliphatic carbocycles. The fraction of sp³-hybridized carbons (Fsp3) is 0.474. The third-order valence-electron chi connectivity index (χ3n) is 4.56. The summed E-state index contributed by atoms with van der Waals surface area (Å²) in [6.45, 7) is 6.25. The van der Waals surface area contributed by atoms with Crippen molar-refractivity contribution >= 4 is 6.03 Å². The monoisotopic (exact) mass is 327 g/mol. The molecule has 1 fully saturated rings. The van der Waals surface area contributed by atoms with Crippen molar-refractivity contribution in [3.63, 3.8) is 0 Å². The second-order valence-electron chi connectivity index (χ2n) is 6.78. The topological polar surface area (TPSA) is 58.4 Å². The van der Waals surface area contributed by atoms with E-state index in [0.717, 1.165) is 24.2 Å². The highest BCUT2D eigenvalue weighted by Crippen LogP contribution is 2.35. The van der Waals surface area contributed by atoms with E-state index >= 15 is 0 Å². The molecule has 1 saturated carbocycles. The Balaban J connectivity index is 1.77. The molecule has 3 rings (SSSR count). The summed E-state index contributed by atoms with van der Waals surface area (Å²) in [6, 6.07) is 7.87. The van der Waals surface area contributed by atoms with Gasteiger partial charge in [-0.3, -0.25) is 4.98 Å². The lowest BCUT2D eigenvalue weighted by Crippen LogP contribution is -2.45. The first-order chi connectivity index (χ1) is 11.6. The van der Waals surface area contributed by atoms with Crippen LogP contribution in [-0.2, 0) is 0 Å². The second-order valence-corrected chi connectivity index (χ2v) is 6.78. The molecule has 2 heterocycles. The quantitative estimate of drug-likeness (QED) is 0.860. The summed E-state index contributed by atoms with van der Waals surface area (Å²) in [7, 11) is 0. The molecule has 1 N–H and O–H groups in total. The zero-order valence-corrected chi connectivity index (χ0v) is 14.5. The van der Waals surface area contributed by atoms with E-state index in [0.29, 0.717) is 6.04 Å². The molecule has 1 aliphatic rings. The number of nitrogens with zero attached hydrogens (tertiary/aromatic N) is 2. The van der Waals surface area contributed by atoms with Crippen molar-refractivity contribution in [1.82, 2.24) is 15.2 Å². The molecule has 5 heteroatoms. The zero-order valence-electron chi connectivity index (χ0n) is 14.5. The molecule has 0 aromatic carbocycles. The molecule has 2 atom stereocenters. The van der Waals surface area contributed by atoms with E-state index in [4.69, 9.17) is 4.42 Å². The third kappa shape index (κ3) is 3.61. The molecule has 2 unspecified atom stereocenters. The highest BCUT2D eigenvalue weighted by molar-refractivity contribution is 5.76. The van der Waals surface area contributed by atoms with Gasteiger partial charge in [0.2, 0.25) is 0 Å². The average Bonchev–Trinajstić information content (AvgIpc) is 3.25. The lowest BCUT2D eigenvalue weighted by Gasteiger charge is -2.32. The van der Waals surface area contributed by atoms with Gasteiger partial charge in [-0.15, -0.1) is 0 Å². The molecule has 2 aromatic rings. The van der Waals surface area contributed by atoms with E-state index in [1.54, 1.807) is 18.7 Å². The minimum absolute atomic E-state index is 0.0306. The summed E-state index contributed by atoms with van der Waals surface area (Å²) < 4.78 is 5.51. The van der Waals surface area contributed by atoms with Crippen LogP contribution in [0.15, 0.2) is 47.3 Å². The van der Waals surface area contributed by atoms with Gasteiger partial charge < -0.3 is 14.6 Å². The van der Waals surface area contributed by atoms with Crippen LogP contribution in [-0.4, -0.2) is 22.0 Å². The highest BCUT2D eigenvalue weighted by Gasteiger charge is 2.38. The Labute approximate surface area is 143 Å². The SMILES string of the molecule is CC(C)C(NC(=O)N(C1CC1)C(C)c1ccco1)c1ccncc1. The number of carbonyl (C=O) groups excluding carboxylic acids is 1.